The lowest BCUT2D eigenvalue weighted by Gasteiger charge is -2.16. The van der Waals surface area contributed by atoms with Gasteiger partial charge in [0.05, 0.1) is 12.6 Å². The van der Waals surface area contributed by atoms with Gasteiger partial charge in [0.2, 0.25) is 18.1 Å². The van der Waals surface area contributed by atoms with Crippen molar-refractivity contribution in [1.82, 2.24) is 10.6 Å². The third-order valence-corrected chi connectivity index (χ3v) is 2.36. The summed E-state index contributed by atoms with van der Waals surface area (Å²) < 4.78 is 0. The fraction of sp³-hybridized carbons (Fsp3) is 0.727. The molecule has 0 aromatic carbocycles. The number of rotatable bonds is 9. The van der Waals surface area contributed by atoms with Crippen molar-refractivity contribution in [2.75, 3.05) is 13.1 Å². The maximum Gasteiger partial charge on any atom is 0.242 e. The van der Waals surface area contributed by atoms with Gasteiger partial charge in [-0.1, -0.05) is 0 Å². The zero-order valence-corrected chi connectivity index (χ0v) is 10.6. The van der Waals surface area contributed by atoms with Crippen LogP contribution in [0.2, 0.25) is 0 Å². The summed E-state index contributed by atoms with van der Waals surface area (Å²) in [6.07, 6.45) is 3.77. The van der Waals surface area contributed by atoms with E-state index in [1.165, 1.54) is 6.92 Å². The largest absolute Gasteiger partial charge is 0.344 e. The highest BCUT2D eigenvalue weighted by Crippen LogP contribution is 1.98. The van der Waals surface area contributed by atoms with Gasteiger partial charge in [0.15, 0.2) is 0 Å². The van der Waals surface area contributed by atoms with Crippen LogP contribution in [-0.4, -0.2) is 43.3 Å². The minimum atomic E-state index is -0.730. The van der Waals surface area contributed by atoms with Crippen LogP contribution in [0.5, 0.6) is 0 Å². The van der Waals surface area contributed by atoms with Crippen LogP contribution in [0.1, 0.15) is 26.2 Å². The van der Waals surface area contributed by atoms with E-state index in [0.717, 1.165) is 12.8 Å². The molecule has 0 aliphatic heterocycles. The molecule has 0 aromatic rings. The van der Waals surface area contributed by atoms with Crippen molar-refractivity contribution in [2.45, 2.75) is 38.3 Å². The number of hydrogen-bond acceptors (Lipinski definition) is 5. The van der Waals surface area contributed by atoms with Gasteiger partial charge in [-0.25, -0.2) is 0 Å². The van der Waals surface area contributed by atoms with E-state index >= 15 is 0 Å². The van der Waals surface area contributed by atoms with Crippen molar-refractivity contribution in [2.24, 2.45) is 11.5 Å². The molecular formula is C11H21N4O3. The van der Waals surface area contributed by atoms with Gasteiger partial charge in [-0.2, -0.15) is 0 Å². The van der Waals surface area contributed by atoms with Crippen LogP contribution in [0.15, 0.2) is 0 Å². The Kier molecular flexibility index (Phi) is 8.77. The van der Waals surface area contributed by atoms with E-state index in [9.17, 15) is 14.4 Å². The molecule has 2 atom stereocenters. The third-order valence-electron chi connectivity index (χ3n) is 2.36. The monoisotopic (exact) mass is 257 g/mol. The van der Waals surface area contributed by atoms with Crippen molar-refractivity contribution < 1.29 is 14.4 Å². The first-order chi connectivity index (χ1) is 8.54. The molecule has 0 aliphatic rings. The number of nitrogens with two attached hydrogens (primary N) is 2. The van der Waals surface area contributed by atoms with Crippen LogP contribution < -0.4 is 22.1 Å². The van der Waals surface area contributed by atoms with Gasteiger partial charge in [0.25, 0.3) is 0 Å². The molecular weight excluding hydrogens is 236 g/mol. The van der Waals surface area contributed by atoms with E-state index in [1.54, 1.807) is 6.29 Å². The molecule has 1 radical (unpaired) electrons. The molecule has 103 valence electrons. The van der Waals surface area contributed by atoms with E-state index in [-0.39, 0.29) is 6.54 Å². The molecule has 0 saturated heterocycles. The molecule has 0 rings (SSSR count). The number of hydrogen-bond donors (Lipinski definition) is 4. The Morgan fingerprint density at radius 3 is 2.39 bits per heavy atom. The second kappa shape index (κ2) is 9.55. The average molecular weight is 257 g/mol. The first-order valence-corrected chi connectivity index (χ1v) is 5.92. The molecule has 6 N–H and O–H groups in total. The Bertz CT molecular complexity index is 283. The standard InChI is InChI=1S/C11H21N4O3/c1-8(14-10(17)6-13)11(18)15-9(7-16)4-2-3-5-12/h8-9H,2-6,12-13H2,1H3,(H,14,17)(H,15,18)/t8-,9-/m0/s1. The molecule has 0 bridgehead atoms. The van der Waals surface area contributed by atoms with Crippen molar-refractivity contribution in [1.29, 1.82) is 0 Å². The van der Waals surface area contributed by atoms with Crippen LogP contribution in [0.4, 0.5) is 0 Å². The molecule has 7 heteroatoms. The molecule has 2 amide bonds. The molecule has 0 fully saturated rings. The second-order valence-electron chi connectivity index (χ2n) is 3.96. The molecule has 0 saturated carbocycles. The summed E-state index contributed by atoms with van der Waals surface area (Å²) in [7, 11) is 0. The van der Waals surface area contributed by atoms with Crippen LogP contribution in [0.25, 0.3) is 0 Å². The topological polar surface area (TPSA) is 127 Å². The van der Waals surface area contributed by atoms with E-state index in [2.05, 4.69) is 10.6 Å². The van der Waals surface area contributed by atoms with Gasteiger partial charge >= 0.3 is 0 Å². The maximum absolute atomic E-state index is 11.6. The fourth-order valence-electron chi connectivity index (χ4n) is 1.32. The maximum atomic E-state index is 11.6. The van der Waals surface area contributed by atoms with E-state index in [0.29, 0.717) is 13.0 Å². The molecule has 0 spiro atoms. The summed E-state index contributed by atoms with van der Waals surface area (Å²) in [6.45, 7) is 1.88. The Labute approximate surface area is 107 Å². The highest BCUT2D eigenvalue weighted by Gasteiger charge is 2.18. The molecule has 0 heterocycles. The Hall–Kier alpha value is -1.47. The first kappa shape index (κ1) is 16.5. The summed E-state index contributed by atoms with van der Waals surface area (Å²) >= 11 is 0. The van der Waals surface area contributed by atoms with Gasteiger partial charge in [0.1, 0.15) is 6.04 Å². The highest BCUT2D eigenvalue weighted by atomic mass is 16.2. The van der Waals surface area contributed by atoms with Crippen LogP contribution in [-0.2, 0) is 14.4 Å². The van der Waals surface area contributed by atoms with Crippen molar-refractivity contribution in [3.63, 3.8) is 0 Å². The minimum absolute atomic E-state index is 0.183. The number of carbonyl (C=O) groups excluding carboxylic acids is 3. The molecule has 0 unspecified atom stereocenters. The average Bonchev–Trinajstić information content (AvgIpc) is 2.37. The number of unbranched alkanes of at least 4 members (excludes halogenated alkanes) is 1. The summed E-state index contributed by atoms with van der Waals surface area (Å²) in [5, 5.41) is 4.90. The van der Waals surface area contributed by atoms with Gasteiger partial charge in [-0.05, 0) is 32.7 Å². The minimum Gasteiger partial charge on any atom is -0.344 e. The fourth-order valence-corrected chi connectivity index (χ4v) is 1.32. The second-order valence-corrected chi connectivity index (χ2v) is 3.96. The molecule has 7 nitrogen and oxygen atoms in total. The predicted molar refractivity (Wildman–Crippen MR) is 67.2 cm³/mol. The summed E-state index contributed by atoms with van der Waals surface area (Å²) in [6, 6.07) is -1.40. The smallest absolute Gasteiger partial charge is 0.242 e. The van der Waals surface area contributed by atoms with Gasteiger partial charge in [-0.15, -0.1) is 0 Å². The Balaban J connectivity index is 4.08. The molecule has 0 aromatic heterocycles. The summed E-state index contributed by atoms with van der Waals surface area (Å²) in [4.78, 5) is 33.3. The number of carbonyl (C=O) groups is 2. The van der Waals surface area contributed by atoms with Crippen LogP contribution >= 0.6 is 0 Å². The van der Waals surface area contributed by atoms with E-state index < -0.39 is 23.9 Å². The number of nitrogens with one attached hydrogen (secondary N) is 2. The quantitative estimate of drug-likeness (QED) is 0.361. The molecule has 18 heavy (non-hydrogen) atoms. The van der Waals surface area contributed by atoms with Gasteiger partial charge < -0.3 is 22.1 Å². The Morgan fingerprint density at radius 1 is 1.22 bits per heavy atom. The zero-order valence-electron chi connectivity index (χ0n) is 10.6. The summed E-state index contributed by atoms with van der Waals surface area (Å²) in [5.41, 5.74) is 10.4. The predicted octanol–water partition coefficient (Wildman–Crippen LogP) is -1.83. The van der Waals surface area contributed by atoms with Crippen molar-refractivity contribution in [3.05, 3.63) is 0 Å². The first-order valence-electron chi connectivity index (χ1n) is 5.92. The van der Waals surface area contributed by atoms with E-state index in [4.69, 9.17) is 11.5 Å². The Morgan fingerprint density at radius 2 is 1.89 bits per heavy atom. The van der Waals surface area contributed by atoms with Crippen molar-refractivity contribution >= 4 is 18.1 Å². The lowest BCUT2D eigenvalue weighted by atomic mass is 10.1. The van der Waals surface area contributed by atoms with Gasteiger partial charge in [0, 0.05) is 0 Å². The SMILES string of the molecule is C[C@H](NC(=O)CN)C(=O)N[C@H]([C]=O)CCCCN. The molecule has 0 aliphatic carbocycles. The highest BCUT2D eigenvalue weighted by molar-refractivity contribution is 5.89. The number of amides is 2. The van der Waals surface area contributed by atoms with Crippen molar-refractivity contribution in [3.8, 4) is 0 Å². The van der Waals surface area contributed by atoms with Crippen LogP contribution in [0.3, 0.4) is 0 Å². The zero-order chi connectivity index (χ0) is 14.0. The van der Waals surface area contributed by atoms with Gasteiger partial charge in [-0.3, -0.25) is 14.4 Å². The van der Waals surface area contributed by atoms with Crippen LogP contribution in [0, 0.1) is 0 Å². The lowest BCUT2D eigenvalue weighted by molar-refractivity contribution is -0.128. The van der Waals surface area contributed by atoms with E-state index in [1.807, 2.05) is 0 Å². The lowest BCUT2D eigenvalue weighted by Crippen LogP contribution is -2.49. The third kappa shape index (κ3) is 6.97. The normalized spacial score (nSPS) is 13.5. The summed E-state index contributed by atoms with van der Waals surface area (Å²) in [5.74, 6) is -0.856.